The summed E-state index contributed by atoms with van der Waals surface area (Å²) < 4.78 is 53.7. The normalized spacial score (nSPS) is 11.4. The molecule has 1 heterocycles. The number of anilines is 1. The summed E-state index contributed by atoms with van der Waals surface area (Å²) in [5.41, 5.74) is -0.106. The van der Waals surface area contributed by atoms with E-state index in [0.717, 1.165) is 7.11 Å². The minimum atomic E-state index is -4.20. The van der Waals surface area contributed by atoms with Gasteiger partial charge in [0, 0.05) is 6.20 Å². The van der Waals surface area contributed by atoms with Crippen molar-refractivity contribution in [1.29, 1.82) is 0 Å². The van der Waals surface area contributed by atoms with E-state index in [9.17, 15) is 22.4 Å². The van der Waals surface area contributed by atoms with Crippen LogP contribution in [0.5, 0.6) is 0 Å². The Labute approximate surface area is 100.0 Å². The molecule has 0 bridgehead atoms. The van der Waals surface area contributed by atoms with Crippen molar-refractivity contribution in [3.8, 4) is 0 Å². The van der Waals surface area contributed by atoms with Gasteiger partial charge in [-0.05, 0) is 12.1 Å². The van der Waals surface area contributed by atoms with Crippen LogP contribution in [-0.4, -0.2) is 37.0 Å². The summed E-state index contributed by atoms with van der Waals surface area (Å²) in [5.74, 6) is -5.24. The fourth-order valence-corrected chi connectivity index (χ4v) is 1.10. The summed E-state index contributed by atoms with van der Waals surface area (Å²) in [6.07, 6.45) is -2.56. The maximum Gasteiger partial charge on any atom is 0.341 e. The summed E-state index contributed by atoms with van der Waals surface area (Å²) in [6.45, 7) is -1.33. The van der Waals surface area contributed by atoms with Crippen LogP contribution >= 0.6 is 0 Å². The molecular weight excluding hydrogens is 256 g/mol. The number of carbonyl (C=O) groups excluding carboxylic acids is 1. The van der Waals surface area contributed by atoms with Crippen LogP contribution in [-0.2, 0) is 4.74 Å². The first kappa shape index (κ1) is 14.2. The molecule has 1 N–H and O–H groups in total. The number of aromatic nitrogens is 1. The molecule has 0 saturated carbocycles. The second kappa shape index (κ2) is 5.65. The number of nitrogens with zero attached hydrogens (tertiary/aromatic N) is 1. The number of nitrogens with one attached hydrogen (secondary N) is 1. The van der Waals surface area contributed by atoms with E-state index in [2.05, 4.69) is 9.72 Å². The van der Waals surface area contributed by atoms with Gasteiger partial charge in [-0.1, -0.05) is 0 Å². The number of rotatable bonds is 5. The van der Waals surface area contributed by atoms with Gasteiger partial charge in [0.2, 0.25) is 0 Å². The second-order valence-corrected chi connectivity index (χ2v) is 3.31. The quantitative estimate of drug-likeness (QED) is 0.655. The van der Waals surface area contributed by atoms with E-state index >= 15 is 0 Å². The summed E-state index contributed by atoms with van der Waals surface area (Å²) >= 11 is 0. The van der Waals surface area contributed by atoms with Gasteiger partial charge in [0.25, 0.3) is 0 Å². The molecule has 8 heteroatoms. The van der Waals surface area contributed by atoms with Crippen molar-refractivity contribution >= 4 is 11.8 Å². The number of methoxy groups -OCH3 is 1. The number of esters is 1. The Bertz CT molecular complexity index is 426. The van der Waals surface area contributed by atoms with Gasteiger partial charge in [-0.2, -0.15) is 8.78 Å². The minimum Gasteiger partial charge on any atom is -0.465 e. The number of halogens is 4. The van der Waals surface area contributed by atoms with E-state index < -0.39 is 24.9 Å². The first-order chi connectivity index (χ1) is 8.38. The van der Waals surface area contributed by atoms with Crippen molar-refractivity contribution in [2.75, 3.05) is 19.0 Å². The first-order valence-electron chi connectivity index (χ1n) is 4.81. The monoisotopic (exact) mass is 266 g/mol. The van der Waals surface area contributed by atoms with Gasteiger partial charge in [0.1, 0.15) is 11.4 Å². The van der Waals surface area contributed by atoms with Crippen LogP contribution in [0.15, 0.2) is 18.3 Å². The Hall–Kier alpha value is -1.86. The molecule has 0 saturated heterocycles. The average molecular weight is 266 g/mol. The molecular formula is C10H10F4N2O2. The predicted octanol–water partition coefficient (Wildman–Crippen LogP) is 2.18. The van der Waals surface area contributed by atoms with E-state index in [1.54, 1.807) is 0 Å². The third kappa shape index (κ3) is 3.31. The fraction of sp³-hybridized carbons (Fsp3) is 0.400. The topological polar surface area (TPSA) is 51.2 Å². The first-order valence-corrected chi connectivity index (χ1v) is 4.81. The van der Waals surface area contributed by atoms with Crippen molar-refractivity contribution in [2.45, 2.75) is 12.3 Å². The molecule has 0 radical (unpaired) electrons. The molecule has 0 unspecified atom stereocenters. The van der Waals surface area contributed by atoms with Crippen molar-refractivity contribution < 1.29 is 27.1 Å². The zero-order chi connectivity index (χ0) is 13.8. The van der Waals surface area contributed by atoms with Gasteiger partial charge in [-0.25, -0.2) is 18.6 Å². The molecule has 0 aliphatic heterocycles. The van der Waals surface area contributed by atoms with Gasteiger partial charge in [0.05, 0.1) is 13.7 Å². The van der Waals surface area contributed by atoms with Crippen LogP contribution in [0.1, 0.15) is 10.4 Å². The number of carbonyl (C=O) groups is 1. The SMILES string of the molecule is COC(=O)c1cccnc1NCC(F)(F)C(F)F. The van der Waals surface area contributed by atoms with Crippen LogP contribution in [0.4, 0.5) is 23.4 Å². The summed E-state index contributed by atoms with van der Waals surface area (Å²) in [5, 5.41) is 2.01. The number of hydrogen-bond acceptors (Lipinski definition) is 4. The Morgan fingerprint density at radius 3 is 2.78 bits per heavy atom. The highest BCUT2D eigenvalue weighted by molar-refractivity contribution is 5.94. The number of hydrogen-bond donors (Lipinski definition) is 1. The Morgan fingerprint density at radius 1 is 1.56 bits per heavy atom. The lowest BCUT2D eigenvalue weighted by Gasteiger charge is -2.17. The lowest BCUT2D eigenvalue weighted by Crippen LogP contribution is -2.35. The maximum absolute atomic E-state index is 12.7. The van der Waals surface area contributed by atoms with Crippen LogP contribution in [0.2, 0.25) is 0 Å². The van der Waals surface area contributed by atoms with Gasteiger partial charge in [0.15, 0.2) is 0 Å². The Morgan fingerprint density at radius 2 is 2.22 bits per heavy atom. The van der Waals surface area contributed by atoms with Crippen LogP contribution in [0, 0.1) is 0 Å². The highest BCUT2D eigenvalue weighted by atomic mass is 19.3. The van der Waals surface area contributed by atoms with Gasteiger partial charge >= 0.3 is 18.3 Å². The van der Waals surface area contributed by atoms with Gasteiger partial charge < -0.3 is 10.1 Å². The third-order valence-electron chi connectivity index (χ3n) is 2.02. The van der Waals surface area contributed by atoms with Crippen molar-refractivity contribution in [3.05, 3.63) is 23.9 Å². The van der Waals surface area contributed by atoms with Crippen molar-refractivity contribution in [1.82, 2.24) is 4.98 Å². The molecule has 0 spiro atoms. The van der Waals surface area contributed by atoms with Crippen molar-refractivity contribution in [2.24, 2.45) is 0 Å². The molecule has 0 aliphatic rings. The number of pyridine rings is 1. The highest BCUT2D eigenvalue weighted by Gasteiger charge is 2.40. The molecule has 0 fully saturated rings. The molecule has 0 atom stereocenters. The zero-order valence-corrected chi connectivity index (χ0v) is 9.29. The van der Waals surface area contributed by atoms with E-state index in [-0.39, 0.29) is 11.4 Å². The summed E-state index contributed by atoms with van der Waals surface area (Å²) in [7, 11) is 1.10. The maximum atomic E-state index is 12.7. The third-order valence-corrected chi connectivity index (χ3v) is 2.02. The van der Waals surface area contributed by atoms with Gasteiger partial charge in [-0.15, -0.1) is 0 Å². The number of ether oxygens (including phenoxy) is 1. The number of alkyl halides is 4. The van der Waals surface area contributed by atoms with Crippen LogP contribution in [0.25, 0.3) is 0 Å². The van der Waals surface area contributed by atoms with E-state index in [1.165, 1.54) is 18.3 Å². The smallest absolute Gasteiger partial charge is 0.341 e. The molecule has 18 heavy (non-hydrogen) atoms. The molecule has 0 amide bonds. The van der Waals surface area contributed by atoms with E-state index in [4.69, 9.17) is 0 Å². The lowest BCUT2D eigenvalue weighted by molar-refractivity contribution is -0.117. The molecule has 0 aliphatic carbocycles. The molecule has 100 valence electrons. The summed E-state index contributed by atoms with van der Waals surface area (Å²) in [4.78, 5) is 14.9. The molecule has 1 aromatic rings. The lowest BCUT2D eigenvalue weighted by atomic mass is 10.2. The molecule has 1 rings (SSSR count). The van der Waals surface area contributed by atoms with E-state index in [1.807, 2.05) is 5.32 Å². The largest absolute Gasteiger partial charge is 0.465 e. The molecule has 1 aromatic heterocycles. The predicted molar refractivity (Wildman–Crippen MR) is 55.0 cm³/mol. The van der Waals surface area contributed by atoms with Gasteiger partial charge in [-0.3, -0.25) is 0 Å². The van der Waals surface area contributed by atoms with E-state index in [0.29, 0.717) is 0 Å². The van der Waals surface area contributed by atoms with Crippen LogP contribution < -0.4 is 5.32 Å². The highest BCUT2D eigenvalue weighted by Crippen LogP contribution is 2.23. The average Bonchev–Trinajstić information content (AvgIpc) is 2.35. The Balaban J connectivity index is 2.82. The minimum absolute atomic E-state index is 0.106. The fourth-order valence-electron chi connectivity index (χ4n) is 1.10. The molecule has 4 nitrogen and oxygen atoms in total. The van der Waals surface area contributed by atoms with Crippen molar-refractivity contribution in [3.63, 3.8) is 0 Å². The molecule has 0 aromatic carbocycles. The zero-order valence-electron chi connectivity index (χ0n) is 9.29. The Kier molecular flexibility index (Phi) is 4.46. The second-order valence-electron chi connectivity index (χ2n) is 3.31. The summed E-state index contributed by atoms with van der Waals surface area (Å²) in [6, 6.07) is 2.67. The van der Waals surface area contributed by atoms with Crippen LogP contribution in [0.3, 0.4) is 0 Å². The standard InChI is InChI=1S/C10H10F4N2O2/c1-18-8(17)6-3-2-4-15-7(6)16-5-10(13,14)9(11)12/h2-4,9H,5H2,1H3,(H,15,16).